The number of nitrogens with one attached hydrogen (secondary N) is 1. The highest BCUT2D eigenvalue weighted by Gasteiger charge is 2.19. The molecule has 0 aromatic heterocycles. The van der Waals surface area contributed by atoms with Crippen LogP contribution in [0.15, 0.2) is 0 Å². The number of hydrogen-bond acceptors (Lipinski definition) is 3. The SMILES string of the molecule is CCCCC(=O)N[C@@H](CO)[C@H](O)CCCC. The Hall–Kier alpha value is -0.610. The van der Waals surface area contributed by atoms with E-state index in [0.29, 0.717) is 12.8 Å². The van der Waals surface area contributed by atoms with Crippen LogP contribution >= 0.6 is 0 Å². The summed E-state index contributed by atoms with van der Waals surface area (Å²) in [5.74, 6) is -0.0866. The minimum Gasteiger partial charge on any atom is -0.394 e. The molecule has 0 aromatic rings. The summed E-state index contributed by atoms with van der Waals surface area (Å²) in [4.78, 5) is 11.4. The van der Waals surface area contributed by atoms with Crippen molar-refractivity contribution in [1.82, 2.24) is 5.32 Å². The second kappa shape index (κ2) is 9.60. The number of aliphatic hydroxyl groups is 2. The maximum absolute atomic E-state index is 11.4. The maximum atomic E-state index is 11.4. The minimum absolute atomic E-state index is 0.0866. The van der Waals surface area contributed by atoms with Gasteiger partial charge in [0.2, 0.25) is 5.91 Å². The highest BCUT2D eigenvalue weighted by atomic mass is 16.3. The molecule has 1 amide bonds. The fourth-order valence-electron chi connectivity index (χ4n) is 1.49. The standard InChI is InChI=1S/C12H25NO3/c1-3-5-7-11(15)10(9-14)13-12(16)8-6-4-2/h10-11,14-15H,3-9H2,1-2H3,(H,13,16)/t10-,11+/m0/s1. The van der Waals surface area contributed by atoms with E-state index in [1.165, 1.54) is 0 Å². The second-order valence-corrected chi connectivity index (χ2v) is 4.17. The molecule has 0 aliphatic rings. The smallest absolute Gasteiger partial charge is 0.220 e. The predicted octanol–water partition coefficient (Wildman–Crippen LogP) is 1.20. The van der Waals surface area contributed by atoms with Crippen LogP contribution in [0, 0.1) is 0 Å². The number of amides is 1. The molecule has 0 saturated carbocycles. The van der Waals surface area contributed by atoms with Crippen molar-refractivity contribution in [2.24, 2.45) is 0 Å². The van der Waals surface area contributed by atoms with Gasteiger partial charge in [-0.05, 0) is 12.8 Å². The largest absolute Gasteiger partial charge is 0.394 e. The Kier molecular flexibility index (Phi) is 9.24. The third kappa shape index (κ3) is 6.80. The molecule has 16 heavy (non-hydrogen) atoms. The van der Waals surface area contributed by atoms with Crippen LogP contribution in [0.3, 0.4) is 0 Å². The first-order chi connectivity index (χ1) is 7.65. The summed E-state index contributed by atoms with van der Waals surface area (Å²) in [6.45, 7) is 3.86. The summed E-state index contributed by atoms with van der Waals surface area (Å²) >= 11 is 0. The lowest BCUT2D eigenvalue weighted by Crippen LogP contribution is -2.45. The van der Waals surface area contributed by atoms with Crippen molar-refractivity contribution < 1.29 is 15.0 Å². The summed E-state index contributed by atoms with van der Waals surface area (Å²) in [5, 5.41) is 21.5. The molecule has 0 rings (SSSR count). The van der Waals surface area contributed by atoms with Crippen molar-refractivity contribution in [3.05, 3.63) is 0 Å². The van der Waals surface area contributed by atoms with Gasteiger partial charge < -0.3 is 15.5 Å². The van der Waals surface area contributed by atoms with Gasteiger partial charge in [0.15, 0.2) is 0 Å². The Labute approximate surface area is 98.1 Å². The summed E-state index contributed by atoms with van der Waals surface area (Å²) < 4.78 is 0. The average Bonchev–Trinajstić information content (AvgIpc) is 2.30. The van der Waals surface area contributed by atoms with Gasteiger partial charge in [0, 0.05) is 6.42 Å². The van der Waals surface area contributed by atoms with Gasteiger partial charge in [-0.25, -0.2) is 0 Å². The third-order valence-corrected chi connectivity index (χ3v) is 2.62. The van der Waals surface area contributed by atoms with Crippen LogP contribution in [0.1, 0.15) is 52.4 Å². The first-order valence-corrected chi connectivity index (χ1v) is 6.23. The zero-order chi connectivity index (χ0) is 12.4. The Morgan fingerprint density at radius 1 is 1.25 bits per heavy atom. The number of hydrogen-bond donors (Lipinski definition) is 3. The molecular formula is C12H25NO3. The number of carbonyl (C=O) groups excluding carboxylic acids is 1. The van der Waals surface area contributed by atoms with Gasteiger partial charge in [0.05, 0.1) is 18.8 Å². The van der Waals surface area contributed by atoms with Crippen molar-refractivity contribution in [3.63, 3.8) is 0 Å². The first kappa shape index (κ1) is 15.4. The molecule has 0 saturated heterocycles. The van der Waals surface area contributed by atoms with E-state index in [-0.39, 0.29) is 12.5 Å². The van der Waals surface area contributed by atoms with Crippen LogP contribution in [0.5, 0.6) is 0 Å². The molecule has 3 N–H and O–H groups in total. The molecule has 0 spiro atoms. The van der Waals surface area contributed by atoms with Gasteiger partial charge in [-0.2, -0.15) is 0 Å². The number of unbranched alkanes of at least 4 members (excludes halogenated alkanes) is 2. The molecule has 0 unspecified atom stereocenters. The van der Waals surface area contributed by atoms with E-state index < -0.39 is 12.1 Å². The fourth-order valence-corrected chi connectivity index (χ4v) is 1.49. The number of carbonyl (C=O) groups is 1. The van der Waals surface area contributed by atoms with Crippen LogP contribution in [0.4, 0.5) is 0 Å². The van der Waals surface area contributed by atoms with E-state index >= 15 is 0 Å². The Morgan fingerprint density at radius 2 is 1.88 bits per heavy atom. The highest BCUT2D eigenvalue weighted by molar-refractivity contribution is 5.76. The molecule has 0 fully saturated rings. The zero-order valence-electron chi connectivity index (χ0n) is 10.4. The van der Waals surface area contributed by atoms with Gasteiger partial charge in [0.1, 0.15) is 0 Å². The van der Waals surface area contributed by atoms with Crippen LogP contribution < -0.4 is 5.32 Å². The average molecular weight is 231 g/mol. The number of aliphatic hydroxyl groups excluding tert-OH is 2. The van der Waals surface area contributed by atoms with Gasteiger partial charge in [-0.15, -0.1) is 0 Å². The Bertz CT molecular complexity index is 185. The highest BCUT2D eigenvalue weighted by Crippen LogP contribution is 2.05. The van der Waals surface area contributed by atoms with Crippen LogP contribution in [-0.2, 0) is 4.79 Å². The molecule has 4 heteroatoms. The lowest BCUT2D eigenvalue weighted by Gasteiger charge is -2.22. The molecule has 4 nitrogen and oxygen atoms in total. The summed E-state index contributed by atoms with van der Waals surface area (Å²) in [6, 6.07) is -0.518. The molecule has 0 radical (unpaired) electrons. The van der Waals surface area contributed by atoms with E-state index in [1.54, 1.807) is 0 Å². The Balaban J connectivity index is 3.92. The molecule has 0 aliphatic carbocycles. The molecule has 96 valence electrons. The van der Waals surface area contributed by atoms with E-state index in [2.05, 4.69) is 5.32 Å². The zero-order valence-corrected chi connectivity index (χ0v) is 10.4. The Morgan fingerprint density at radius 3 is 2.38 bits per heavy atom. The van der Waals surface area contributed by atoms with Gasteiger partial charge in [-0.1, -0.05) is 33.1 Å². The first-order valence-electron chi connectivity index (χ1n) is 6.23. The minimum atomic E-state index is -0.643. The molecule has 0 heterocycles. The van der Waals surface area contributed by atoms with Crippen LogP contribution in [-0.4, -0.2) is 34.9 Å². The summed E-state index contributed by atoms with van der Waals surface area (Å²) in [7, 11) is 0. The van der Waals surface area contributed by atoms with Crippen LogP contribution in [0.25, 0.3) is 0 Å². The molecular weight excluding hydrogens is 206 g/mol. The quantitative estimate of drug-likeness (QED) is 0.558. The van der Waals surface area contributed by atoms with E-state index in [0.717, 1.165) is 25.7 Å². The fraction of sp³-hybridized carbons (Fsp3) is 0.917. The second-order valence-electron chi connectivity index (χ2n) is 4.17. The summed E-state index contributed by atoms with van der Waals surface area (Å²) in [6.07, 6.45) is 4.16. The van der Waals surface area contributed by atoms with Crippen molar-refractivity contribution in [2.45, 2.75) is 64.5 Å². The third-order valence-electron chi connectivity index (χ3n) is 2.62. The normalized spacial score (nSPS) is 14.5. The van der Waals surface area contributed by atoms with Crippen molar-refractivity contribution in [3.8, 4) is 0 Å². The number of rotatable bonds is 9. The monoisotopic (exact) mass is 231 g/mol. The van der Waals surface area contributed by atoms with Gasteiger partial charge in [0.25, 0.3) is 0 Å². The topological polar surface area (TPSA) is 69.6 Å². The summed E-state index contributed by atoms with van der Waals surface area (Å²) in [5.41, 5.74) is 0. The lowest BCUT2D eigenvalue weighted by molar-refractivity contribution is -0.123. The van der Waals surface area contributed by atoms with Crippen molar-refractivity contribution in [2.75, 3.05) is 6.61 Å². The van der Waals surface area contributed by atoms with E-state index in [9.17, 15) is 9.90 Å². The van der Waals surface area contributed by atoms with Gasteiger partial charge in [-0.3, -0.25) is 4.79 Å². The molecule has 0 aromatic carbocycles. The lowest BCUT2D eigenvalue weighted by atomic mass is 10.1. The predicted molar refractivity (Wildman–Crippen MR) is 64.1 cm³/mol. The molecule has 0 aliphatic heterocycles. The van der Waals surface area contributed by atoms with Crippen LogP contribution in [0.2, 0.25) is 0 Å². The van der Waals surface area contributed by atoms with Crippen molar-refractivity contribution in [1.29, 1.82) is 0 Å². The maximum Gasteiger partial charge on any atom is 0.220 e. The van der Waals surface area contributed by atoms with Crippen molar-refractivity contribution >= 4 is 5.91 Å². The van der Waals surface area contributed by atoms with E-state index in [4.69, 9.17) is 5.11 Å². The molecule has 2 atom stereocenters. The van der Waals surface area contributed by atoms with E-state index in [1.807, 2.05) is 13.8 Å². The van der Waals surface area contributed by atoms with Gasteiger partial charge >= 0.3 is 0 Å². The molecule has 0 bridgehead atoms.